The second-order valence-corrected chi connectivity index (χ2v) is 7.47. The lowest BCUT2D eigenvalue weighted by molar-refractivity contribution is 0.303. The quantitative estimate of drug-likeness (QED) is 0.813. The van der Waals surface area contributed by atoms with Crippen LogP contribution in [0.4, 0.5) is 5.69 Å². The monoisotopic (exact) mass is 296 g/mol. The molecule has 1 aliphatic rings. The molecule has 112 valence electrons. The van der Waals surface area contributed by atoms with Gasteiger partial charge >= 0.3 is 0 Å². The van der Waals surface area contributed by atoms with Crippen molar-refractivity contribution in [2.75, 3.05) is 11.9 Å². The predicted molar refractivity (Wildman–Crippen MR) is 82.3 cm³/mol. The van der Waals surface area contributed by atoms with Gasteiger partial charge in [0.25, 0.3) is 0 Å². The van der Waals surface area contributed by atoms with E-state index < -0.39 is 10.0 Å². The van der Waals surface area contributed by atoms with Crippen LogP contribution in [0.2, 0.25) is 0 Å². The molecular weight excluding hydrogens is 272 g/mol. The molecule has 2 N–H and O–H groups in total. The minimum Gasteiger partial charge on any atom is -0.384 e. The van der Waals surface area contributed by atoms with Crippen LogP contribution < -0.4 is 10.0 Å². The SMILES string of the molecule is CC(C)NS(=O)(=O)c1ccccc1NCCC1CCC1. The van der Waals surface area contributed by atoms with Gasteiger partial charge in [0, 0.05) is 12.6 Å². The third-order valence-electron chi connectivity index (χ3n) is 3.66. The van der Waals surface area contributed by atoms with E-state index in [0.29, 0.717) is 10.6 Å². The van der Waals surface area contributed by atoms with E-state index in [1.165, 1.54) is 19.3 Å². The van der Waals surface area contributed by atoms with Crippen molar-refractivity contribution in [3.63, 3.8) is 0 Å². The van der Waals surface area contributed by atoms with Crippen molar-refractivity contribution in [2.45, 2.75) is 50.5 Å². The lowest BCUT2D eigenvalue weighted by Gasteiger charge is -2.25. The van der Waals surface area contributed by atoms with E-state index in [1.54, 1.807) is 12.1 Å². The molecule has 0 saturated heterocycles. The van der Waals surface area contributed by atoms with E-state index in [1.807, 2.05) is 26.0 Å². The van der Waals surface area contributed by atoms with Gasteiger partial charge in [0.05, 0.1) is 5.69 Å². The molecule has 0 unspecified atom stereocenters. The molecule has 2 rings (SSSR count). The number of benzene rings is 1. The van der Waals surface area contributed by atoms with Crippen molar-refractivity contribution in [3.8, 4) is 0 Å². The molecule has 0 atom stereocenters. The van der Waals surface area contributed by atoms with E-state index >= 15 is 0 Å². The van der Waals surface area contributed by atoms with E-state index in [2.05, 4.69) is 10.0 Å². The van der Waals surface area contributed by atoms with Gasteiger partial charge < -0.3 is 5.32 Å². The first-order valence-corrected chi connectivity index (χ1v) is 8.82. The molecular formula is C15H24N2O2S. The zero-order chi connectivity index (χ0) is 14.6. The highest BCUT2D eigenvalue weighted by Crippen LogP contribution is 2.29. The molecule has 1 saturated carbocycles. The van der Waals surface area contributed by atoms with Crippen LogP contribution in [-0.2, 0) is 10.0 Å². The topological polar surface area (TPSA) is 58.2 Å². The summed E-state index contributed by atoms with van der Waals surface area (Å²) in [4.78, 5) is 0.335. The number of anilines is 1. The number of hydrogen-bond acceptors (Lipinski definition) is 3. The van der Waals surface area contributed by atoms with Crippen molar-refractivity contribution in [1.29, 1.82) is 0 Å². The molecule has 0 aromatic heterocycles. The lowest BCUT2D eigenvalue weighted by atomic mass is 9.83. The number of hydrogen-bond donors (Lipinski definition) is 2. The van der Waals surface area contributed by atoms with E-state index in [9.17, 15) is 8.42 Å². The van der Waals surface area contributed by atoms with Crippen LogP contribution in [0.25, 0.3) is 0 Å². The second kappa shape index (κ2) is 6.59. The smallest absolute Gasteiger partial charge is 0.242 e. The van der Waals surface area contributed by atoms with Crippen LogP contribution >= 0.6 is 0 Å². The van der Waals surface area contributed by atoms with Gasteiger partial charge in [-0.2, -0.15) is 0 Å². The Kier molecular flexibility index (Phi) is 5.05. The summed E-state index contributed by atoms with van der Waals surface area (Å²) in [6.07, 6.45) is 5.09. The average Bonchev–Trinajstić information content (AvgIpc) is 2.31. The summed E-state index contributed by atoms with van der Waals surface area (Å²) < 4.78 is 27.2. The molecule has 4 nitrogen and oxygen atoms in total. The zero-order valence-electron chi connectivity index (χ0n) is 12.2. The van der Waals surface area contributed by atoms with Gasteiger partial charge in [0.15, 0.2) is 0 Å². The van der Waals surface area contributed by atoms with Crippen molar-refractivity contribution >= 4 is 15.7 Å². The fraction of sp³-hybridized carbons (Fsp3) is 0.600. The van der Waals surface area contributed by atoms with Crippen LogP contribution in [0.3, 0.4) is 0 Å². The van der Waals surface area contributed by atoms with E-state index in [0.717, 1.165) is 18.9 Å². The Morgan fingerprint density at radius 2 is 1.95 bits per heavy atom. The molecule has 0 amide bonds. The summed E-state index contributed by atoms with van der Waals surface area (Å²) in [5, 5.41) is 3.27. The first-order chi connectivity index (χ1) is 9.49. The molecule has 1 aromatic carbocycles. The predicted octanol–water partition coefficient (Wildman–Crippen LogP) is 2.98. The largest absolute Gasteiger partial charge is 0.384 e. The molecule has 0 heterocycles. The molecule has 5 heteroatoms. The highest BCUT2D eigenvalue weighted by atomic mass is 32.2. The summed E-state index contributed by atoms with van der Waals surface area (Å²) in [5.74, 6) is 0.819. The Morgan fingerprint density at radius 1 is 1.25 bits per heavy atom. The summed E-state index contributed by atoms with van der Waals surface area (Å²) in [5.41, 5.74) is 0.694. The van der Waals surface area contributed by atoms with E-state index in [-0.39, 0.29) is 6.04 Å². The molecule has 0 spiro atoms. The standard InChI is InChI=1S/C15H24N2O2S/c1-12(2)17-20(18,19)15-9-4-3-8-14(15)16-11-10-13-6-5-7-13/h3-4,8-9,12-13,16-17H,5-7,10-11H2,1-2H3. The Morgan fingerprint density at radius 3 is 2.55 bits per heavy atom. The maximum atomic E-state index is 12.3. The van der Waals surface area contributed by atoms with E-state index in [4.69, 9.17) is 0 Å². The van der Waals surface area contributed by atoms with Gasteiger partial charge in [-0.15, -0.1) is 0 Å². The molecule has 1 aliphatic carbocycles. The highest BCUT2D eigenvalue weighted by molar-refractivity contribution is 7.89. The van der Waals surface area contributed by atoms with Gasteiger partial charge in [-0.25, -0.2) is 13.1 Å². The molecule has 0 aliphatic heterocycles. The van der Waals surface area contributed by atoms with Crippen LogP contribution in [0, 0.1) is 5.92 Å². The first-order valence-electron chi connectivity index (χ1n) is 7.34. The van der Waals surface area contributed by atoms with Gasteiger partial charge in [-0.1, -0.05) is 31.4 Å². The normalized spacial score (nSPS) is 16.1. The maximum absolute atomic E-state index is 12.3. The van der Waals surface area contributed by atoms with Gasteiger partial charge in [-0.3, -0.25) is 0 Å². The minimum atomic E-state index is -3.44. The Labute approximate surface area is 122 Å². The lowest BCUT2D eigenvalue weighted by Crippen LogP contribution is -2.30. The number of nitrogens with one attached hydrogen (secondary N) is 2. The third-order valence-corrected chi connectivity index (χ3v) is 5.38. The fourth-order valence-electron chi connectivity index (χ4n) is 2.41. The van der Waals surface area contributed by atoms with Crippen molar-refractivity contribution in [3.05, 3.63) is 24.3 Å². The van der Waals surface area contributed by atoms with Gasteiger partial charge in [0.1, 0.15) is 4.90 Å². The fourth-order valence-corrected chi connectivity index (χ4v) is 3.85. The van der Waals surface area contributed by atoms with Crippen molar-refractivity contribution < 1.29 is 8.42 Å². The summed E-state index contributed by atoms with van der Waals surface area (Å²) >= 11 is 0. The summed E-state index contributed by atoms with van der Waals surface area (Å²) in [6.45, 7) is 4.48. The van der Waals surface area contributed by atoms with Gasteiger partial charge in [-0.05, 0) is 38.3 Å². The van der Waals surface area contributed by atoms with Gasteiger partial charge in [0.2, 0.25) is 10.0 Å². The Bertz CT molecular complexity index is 537. The van der Waals surface area contributed by atoms with Crippen molar-refractivity contribution in [1.82, 2.24) is 4.72 Å². The molecule has 20 heavy (non-hydrogen) atoms. The Hall–Kier alpha value is -1.07. The van der Waals surface area contributed by atoms with Crippen LogP contribution in [0.5, 0.6) is 0 Å². The summed E-state index contributed by atoms with van der Waals surface area (Å²) in [7, 11) is -3.44. The number of para-hydroxylation sites is 1. The number of sulfonamides is 1. The van der Waals surface area contributed by atoms with Crippen LogP contribution in [-0.4, -0.2) is 21.0 Å². The first kappa shape index (κ1) is 15.3. The van der Waals surface area contributed by atoms with Crippen LogP contribution in [0.1, 0.15) is 39.5 Å². The minimum absolute atomic E-state index is 0.108. The maximum Gasteiger partial charge on any atom is 0.242 e. The summed E-state index contributed by atoms with van der Waals surface area (Å²) in [6, 6.07) is 6.99. The van der Waals surface area contributed by atoms with Crippen molar-refractivity contribution in [2.24, 2.45) is 5.92 Å². The molecule has 1 fully saturated rings. The molecule has 0 radical (unpaired) electrons. The molecule has 1 aromatic rings. The van der Waals surface area contributed by atoms with Crippen LogP contribution in [0.15, 0.2) is 29.2 Å². The second-order valence-electron chi connectivity index (χ2n) is 5.78. The zero-order valence-corrected chi connectivity index (χ0v) is 13.0. The third kappa shape index (κ3) is 3.96. The number of rotatable bonds is 7. The Balaban J connectivity index is 2.04. The molecule has 0 bridgehead atoms. The highest BCUT2D eigenvalue weighted by Gasteiger charge is 2.20. The average molecular weight is 296 g/mol.